The molecule has 1 fully saturated rings. The summed E-state index contributed by atoms with van der Waals surface area (Å²) in [6, 6.07) is 0. The third-order valence-electron chi connectivity index (χ3n) is 2.14. The van der Waals surface area contributed by atoms with Crippen LogP contribution < -0.4 is 4.90 Å². The van der Waals surface area contributed by atoms with Gasteiger partial charge in [-0.15, -0.1) is 10.2 Å². The van der Waals surface area contributed by atoms with Crippen LogP contribution in [0.15, 0.2) is 0 Å². The normalized spacial score (nSPS) is 16.5. The van der Waals surface area contributed by atoms with Gasteiger partial charge in [-0.25, -0.2) is 4.79 Å². The summed E-state index contributed by atoms with van der Waals surface area (Å²) in [6.07, 6.45) is 2.18. The topological polar surface area (TPSA) is 82.1 Å². The van der Waals surface area contributed by atoms with Crippen LogP contribution in [0.3, 0.4) is 0 Å². The molecule has 1 aromatic heterocycles. The number of carboxylic acids is 1. The molecule has 0 atom stereocenters. The molecule has 0 amide bonds. The van der Waals surface area contributed by atoms with Crippen molar-refractivity contribution in [2.24, 2.45) is 0 Å². The molecule has 0 aromatic carbocycles. The molecule has 0 unspecified atom stereocenters. The molecule has 1 aliphatic heterocycles. The van der Waals surface area contributed by atoms with Crippen LogP contribution in [0.2, 0.25) is 0 Å². The lowest BCUT2D eigenvalue weighted by Crippen LogP contribution is -2.20. The van der Waals surface area contributed by atoms with Crippen molar-refractivity contribution in [2.45, 2.75) is 12.8 Å². The fraction of sp³-hybridized carbons (Fsp3) is 0.571. The van der Waals surface area contributed by atoms with Crippen molar-refractivity contribution in [1.29, 1.82) is 0 Å². The van der Waals surface area contributed by atoms with Crippen LogP contribution in [0, 0.1) is 0 Å². The number of anilines is 1. The minimum Gasteiger partial charge on any atom is -0.476 e. The molecule has 0 bridgehead atoms. The second-order valence-electron chi connectivity index (χ2n) is 3.00. The van der Waals surface area contributed by atoms with Crippen LogP contribution in [0.4, 0.5) is 5.82 Å². The Labute approximate surface area is 74.6 Å². The van der Waals surface area contributed by atoms with Crippen molar-refractivity contribution in [1.82, 2.24) is 15.4 Å². The van der Waals surface area contributed by atoms with Crippen LogP contribution in [0.25, 0.3) is 0 Å². The Bertz CT molecular complexity index is 316. The van der Waals surface area contributed by atoms with Gasteiger partial charge in [-0.2, -0.15) is 5.21 Å². The maximum Gasteiger partial charge on any atom is 0.360 e. The molecule has 0 radical (unpaired) electrons. The van der Waals surface area contributed by atoms with Crippen molar-refractivity contribution < 1.29 is 9.90 Å². The molecule has 6 heteroatoms. The summed E-state index contributed by atoms with van der Waals surface area (Å²) in [4.78, 5) is 12.6. The molecule has 0 saturated carbocycles. The maximum atomic E-state index is 10.7. The molecular formula is C7H10N4O2. The molecule has 1 aromatic rings. The van der Waals surface area contributed by atoms with Crippen molar-refractivity contribution in [3.63, 3.8) is 0 Å². The van der Waals surface area contributed by atoms with Gasteiger partial charge in [0, 0.05) is 13.1 Å². The van der Waals surface area contributed by atoms with Crippen LogP contribution in [-0.2, 0) is 0 Å². The third-order valence-corrected chi connectivity index (χ3v) is 2.14. The number of rotatable bonds is 2. The highest BCUT2D eigenvalue weighted by molar-refractivity contribution is 5.90. The molecule has 0 spiro atoms. The first-order valence-corrected chi connectivity index (χ1v) is 4.18. The fourth-order valence-corrected chi connectivity index (χ4v) is 1.52. The largest absolute Gasteiger partial charge is 0.476 e. The van der Waals surface area contributed by atoms with E-state index in [2.05, 4.69) is 15.4 Å². The molecular weight excluding hydrogens is 172 g/mol. The van der Waals surface area contributed by atoms with Crippen molar-refractivity contribution in [2.75, 3.05) is 18.0 Å². The summed E-state index contributed by atoms with van der Waals surface area (Å²) in [7, 11) is 0. The molecule has 2 N–H and O–H groups in total. The average molecular weight is 182 g/mol. The Morgan fingerprint density at radius 1 is 1.38 bits per heavy atom. The first-order chi connectivity index (χ1) is 6.29. The van der Waals surface area contributed by atoms with Crippen molar-refractivity contribution >= 4 is 11.8 Å². The van der Waals surface area contributed by atoms with Gasteiger partial charge in [-0.3, -0.25) is 0 Å². The Balaban J connectivity index is 2.28. The van der Waals surface area contributed by atoms with Gasteiger partial charge in [-0.05, 0) is 12.8 Å². The van der Waals surface area contributed by atoms with E-state index in [1.54, 1.807) is 0 Å². The Hall–Kier alpha value is -1.59. The zero-order valence-corrected chi connectivity index (χ0v) is 7.03. The van der Waals surface area contributed by atoms with Crippen LogP contribution in [-0.4, -0.2) is 39.6 Å². The zero-order valence-electron chi connectivity index (χ0n) is 7.03. The Morgan fingerprint density at radius 3 is 2.69 bits per heavy atom. The number of hydrogen-bond donors (Lipinski definition) is 2. The van der Waals surface area contributed by atoms with Crippen molar-refractivity contribution in [3.05, 3.63) is 5.69 Å². The summed E-state index contributed by atoms with van der Waals surface area (Å²) >= 11 is 0. The first kappa shape index (κ1) is 8.03. The molecule has 70 valence electrons. The van der Waals surface area contributed by atoms with Gasteiger partial charge in [-0.1, -0.05) is 0 Å². The van der Waals surface area contributed by atoms with Crippen molar-refractivity contribution in [3.8, 4) is 0 Å². The number of aromatic carboxylic acids is 1. The highest BCUT2D eigenvalue weighted by atomic mass is 16.4. The second kappa shape index (κ2) is 3.04. The summed E-state index contributed by atoms with van der Waals surface area (Å²) in [5.41, 5.74) is 0.0156. The summed E-state index contributed by atoms with van der Waals surface area (Å²) in [6.45, 7) is 1.74. The number of hydrogen-bond acceptors (Lipinski definition) is 4. The molecule has 2 heterocycles. The van der Waals surface area contributed by atoms with E-state index in [1.165, 1.54) is 0 Å². The smallest absolute Gasteiger partial charge is 0.360 e. The number of nitrogens with zero attached hydrogens (tertiary/aromatic N) is 3. The zero-order chi connectivity index (χ0) is 9.26. The van der Waals surface area contributed by atoms with Gasteiger partial charge in [0.2, 0.25) is 5.69 Å². The van der Waals surface area contributed by atoms with Crippen LogP contribution in [0.5, 0.6) is 0 Å². The minimum atomic E-state index is -1.03. The van der Waals surface area contributed by atoms with Crippen LogP contribution >= 0.6 is 0 Å². The van der Waals surface area contributed by atoms with E-state index in [1.807, 2.05) is 4.90 Å². The van der Waals surface area contributed by atoms with Gasteiger partial charge in [0.1, 0.15) is 0 Å². The number of carbonyl (C=O) groups is 1. The minimum absolute atomic E-state index is 0.0156. The molecule has 2 rings (SSSR count). The van der Waals surface area contributed by atoms with E-state index in [9.17, 15) is 4.79 Å². The lowest BCUT2D eigenvalue weighted by Gasteiger charge is -2.13. The summed E-state index contributed by atoms with van der Waals surface area (Å²) < 4.78 is 0. The van der Waals surface area contributed by atoms with Gasteiger partial charge in [0.25, 0.3) is 0 Å². The van der Waals surface area contributed by atoms with Gasteiger partial charge < -0.3 is 10.0 Å². The summed E-state index contributed by atoms with van der Waals surface area (Å²) in [5.74, 6) is -0.569. The highest BCUT2D eigenvalue weighted by Gasteiger charge is 2.22. The SMILES string of the molecule is O=C(O)c1n[nH]nc1N1CCCC1. The quantitative estimate of drug-likeness (QED) is 0.678. The fourth-order valence-electron chi connectivity index (χ4n) is 1.52. The Morgan fingerprint density at radius 2 is 2.08 bits per heavy atom. The first-order valence-electron chi connectivity index (χ1n) is 4.18. The monoisotopic (exact) mass is 182 g/mol. The number of H-pyrrole nitrogens is 1. The molecule has 1 saturated heterocycles. The molecule has 1 aliphatic rings. The van der Waals surface area contributed by atoms with Gasteiger partial charge in [0.05, 0.1) is 0 Å². The second-order valence-corrected chi connectivity index (χ2v) is 3.00. The maximum absolute atomic E-state index is 10.7. The molecule has 13 heavy (non-hydrogen) atoms. The standard InChI is InChI=1S/C7H10N4O2/c12-7(13)5-6(9-10-8-5)11-3-1-2-4-11/h1-4H2,(H,12,13)(H,8,9,10). The van der Waals surface area contributed by atoms with E-state index >= 15 is 0 Å². The van der Waals surface area contributed by atoms with Gasteiger partial charge >= 0.3 is 5.97 Å². The average Bonchev–Trinajstić information content (AvgIpc) is 2.74. The van der Waals surface area contributed by atoms with E-state index < -0.39 is 5.97 Å². The van der Waals surface area contributed by atoms with E-state index in [-0.39, 0.29) is 5.69 Å². The van der Waals surface area contributed by atoms with Crippen LogP contribution in [0.1, 0.15) is 23.3 Å². The lowest BCUT2D eigenvalue weighted by atomic mass is 10.4. The van der Waals surface area contributed by atoms with E-state index in [0.29, 0.717) is 5.82 Å². The predicted molar refractivity (Wildman–Crippen MR) is 44.8 cm³/mol. The molecule has 6 nitrogen and oxygen atoms in total. The number of aromatic amines is 1. The number of aromatic nitrogens is 3. The molecule has 0 aliphatic carbocycles. The van der Waals surface area contributed by atoms with Gasteiger partial charge in [0.15, 0.2) is 5.82 Å². The lowest BCUT2D eigenvalue weighted by molar-refractivity contribution is 0.0691. The number of carboxylic acid groups (broad SMARTS) is 1. The predicted octanol–water partition coefficient (Wildman–Crippen LogP) is 0.103. The van der Waals surface area contributed by atoms with E-state index in [4.69, 9.17) is 5.11 Å². The third kappa shape index (κ3) is 1.34. The Kier molecular flexibility index (Phi) is 1.88. The highest BCUT2D eigenvalue weighted by Crippen LogP contribution is 2.19. The van der Waals surface area contributed by atoms with E-state index in [0.717, 1.165) is 25.9 Å². The summed E-state index contributed by atoms with van der Waals surface area (Å²) in [5, 5.41) is 18.5. The number of nitrogens with one attached hydrogen (secondary N) is 1.